The molecule has 0 radical (unpaired) electrons. The standard InChI is InChI=1S/C12H16N4/c1-9-5-7-16-11(8-9)13-14-12(16)10-4-3-6-15(10)2/h5,7-8,10H,3-4,6H2,1-2H3. The third-order valence-electron chi connectivity index (χ3n) is 3.41. The molecule has 3 heterocycles. The number of fused-ring (bicyclic) bond motifs is 1. The number of pyridine rings is 1. The van der Waals surface area contributed by atoms with Crippen LogP contribution in [0, 0.1) is 6.92 Å². The van der Waals surface area contributed by atoms with Crippen molar-refractivity contribution in [1.82, 2.24) is 19.5 Å². The van der Waals surface area contributed by atoms with Crippen LogP contribution >= 0.6 is 0 Å². The van der Waals surface area contributed by atoms with Crippen molar-refractivity contribution in [2.24, 2.45) is 0 Å². The first-order valence-electron chi connectivity index (χ1n) is 5.77. The molecule has 2 aromatic heterocycles. The Bertz CT molecular complexity index is 517. The van der Waals surface area contributed by atoms with Gasteiger partial charge in [0, 0.05) is 6.20 Å². The molecule has 1 aliphatic rings. The van der Waals surface area contributed by atoms with Gasteiger partial charge in [-0.25, -0.2) is 0 Å². The number of hydrogen-bond donors (Lipinski definition) is 0. The molecule has 0 aliphatic carbocycles. The minimum Gasteiger partial charge on any atom is -0.296 e. The first-order valence-corrected chi connectivity index (χ1v) is 5.77. The number of aryl methyl sites for hydroxylation is 1. The maximum Gasteiger partial charge on any atom is 0.161 e. The van der Waals surface area contributed by atoms with E-state index in [1.54, 1.807) is 0 Å². The van der Waals surface area contributed by atoms with E-state index in [9.17, 15) is 0 Å². The van der Waals surface area contributed by atoms with E-state index < -0.39 is 0 Å². The second-order valence-corrected chi connectivity index (χ2v) is 4.63. The van der Waals surface area contributed by atoms with E-state index in [0.717, 1.165) is 18.0 Å². The first kappa shape index (κ1) is 9.78. The summed E-state index contributed by atoms with van der Waals surface area (Å²) in [5.41, 5.74) is 2.18. The number of nitrogens with zero attached hydrogens (tertiary/aromatic N) is 4. The van der Waals surface area contributed by atoms with Gasteiger partial charge in [-0.15, -0.1) is 10.2 Å². The fourth-order valence-corrected chi connectivity index (χ4v) is 2.47. The first-order chi connectivity index (χ1) is 7.75. The normalized spacial score (nSPS) is 22.0. The van der Waals surface area contributed by atoms with Gasteiger partial charge in [0.25, 0.3) is 0 Å². The smallest absolute Gasteiger partial charge is 0.161 e. The highest BCUT2D eigenvalue weighted by Gasteiger charge is 2.26. The molecule has 1 atom stereocenters. The Kier molecular flexibility index (Phi) is 2.17. The molecule has 4 heteroatoms. The molecule has 0 aromatic carbocycles. The van der Waals surface area contributed by atoms with Gasteiger partial charge in [0.2, 0.25) is 0 Å². The van der Waals surface area contributed by atoms with Gasteiger partial charge in [-0.1, -0.05) is 0 Å². The van der Waals surface area contributed by atoms with Crippen LogP contribution < -0.4 is 0 Å². The van der Waals surface area contributed by atoms with Gasteiger partial charge >= 0.3 is 0 Å². The molecule has 1 fully saturated rings. The largest absolute Gasteiger partial charge is 0.296 e. The second-order valence-electron chi connectivity index (χ2n) is 4.63. The molecule has 1 saturated heterocycles. The maximum atomic E-state index is 4.34. The summed E-state index contributed by atoms with van der Waals surface area (Å²) >= 11 is 0. The van der Waals surface area contributed by atoms with Crippen molar-refractivity contribution < 1.29 is 0 Å². The Morgan fingerprint density at radius 2 is 2.25 bits per heavy atom. The molecule has 0 amide bonds. The van der Waals surface area contributed by atoms with Crippen LogP contribution in [0.5, 0.6) is 0 Å². The Hall–Kier alpha value is -1.42. The van der Waals surface area contributed by atoms with Crippen LogP contribution in [0.3, 0.4) is 0 Å². The minimum absolute atomic E-state index is 0.428. The van der Waals surface area contributed by atoms with Crippen molar-refractivity contribution in [2.45, 2.75) is 25.8 Å². The zero-order valence-electron chi connectivity index (χ0n) is 9.72. The quantitative estimate of drug-likeness (QED) is 0.729. The highest BCUT2D eigenvalue weighted by molar-refractivity contribution is 5.41. The van der Waals surface area contributed by atoms with Crippen molar-refractivity contribution in [2.75, 3.05) is 13.6 Å². The van der Waals surface area contributed by atoms with E-state index in [1.165, 1.54) is 18.4 Å². The summed E-state index contributed by atoms with van der Waals surface area (Å²) < 4.78 is 2.11. The molecule has 16 heavy (non-hydrogen) atoms. The van der Waals surface area contributed by atoms with Crippen LogP contribution in [0.1, 0.15) is 30.3 Å². The Morgan fingerprint density at radius 1 is 1.38 bits per heavy atom. The highest BCUT2D eigenvalue weighted by Crippen LogP contribution is 2.29. The van der Waals surface area contributed by atoms with Crippen LogP contribution in [0.15, 0.2) is 18.3 Å². The third-order valence-corrected chi connectivity index (χ3v) is 3.41. The SMILES string of the molecule is Cc1ccn2c(C3CCCN3C)nnc2c1. The fraction of sp³-hybridized carbons (Fsp3) is 0.500. The third kappa shape index (κ3) is 1.41. The van der Waals surface area contributed by atoms with Crippen LogP contribution in [0.2, 0.25) is 0 Å². The lowest BCUT2D eigenvalue weighted by molar-refractivity contribution is 0.304. The molecule has 84 valence electrons. The van der Waals surface area contributed by atoms with E-state index in [1.807, 2.05) is 0 Å². The summed E-state index contributed by atoms with van der Waals surface area (Å²) in [6.07, 6.45) is 4.51. The summed E-state index contributed by atoms with van der Waals surface area (Å²) in [7, 11) is 2.16. The van der Waals surface area contributed by atoms with Crippen molar-refractivity contribution in [3.05, 3.63) is 29.7 Å². The Labute approximate surface area is 94.9 Å². The minimum atomic E-state index is 0.428. The van der Waals surface area contributed by atoms with Gasteiger partial charge in [0.15, 0.2) is 11.5 Å². The predicted octanol–water partition coefficient (Wildman–Crippen LogP) is 1.80. The summed E-state index contributed by atoms with van der Waals surface area (Å²) in [4.78, 5) is 2.36. The predicted molar refractivity (Wildman–Crippen MR) is 62.3 cm³/mol. The van der Waals surface area contributed by atoms with Crippen LogP contribution in [-0.2, 0) is 0 Å². The van der Waals surface area contributed by atoms with Gasteiger partial charge in [0.05, 0.1) is 6.04 Å². The maximum absolute atomic E-state index is 4.34. The van der Waals surface area contributed by atoms with Gasteiger partial charge in [-0.3, -0.25) is 9.30 Å². The molecule has 1 unspecified atom stereocenters. The molecule has 4 nitrogen and oxygen atoms in total. The lowest BCUT2D eigenvalue weighted by Gasteiger charge is -2.17. The second kappa shape index (κ2) is 3.56. The molecule has 0 N–H and O–H groups in total. The zero-order valence-corrected chi connectivity index (χ0v) is 9.72. The van der Waals surface area contributed by atoms with Gasteiger partial charge < -0.3 is 0 Å². The van der Waals surface area contributed by atoms with Crippen molar-refractivity contribution in [1.29, 1.82) is 0 Å². The van der Waals surface area contributed by atoms with E-state index in [2.05, 4.69) is 51.8 Å². The lowest BCUT2D eigenvalue weighted by Crippen LogP contribution is -2.19. The van der Waals surface area contributed by atoms with Crippen LogP contribution in [-0.4, -0.2) is 33.1 Å². The molecular formula is C12H16N4. The molecule has 2 aromatic rings. The van der Waals surface area contributed by atoms with E-state index in [-0.39, 0.29) is 0 Å². The van der Waals surface area contributed by atoms with Gasteiger partial charge in [-0.05, 0) is 51.1 Å². The summed E-state index contributed by atoms with van der Waals surface area (Å²) in [5.74, 6) is 1.08. The van der Waals surface area contributed by atoms with E-state index in [4.69, 9.17) is 0 Å². The summed E-state index contributed by atoms with van der Waals surface area (Å²) in [6.45, 7) is 3.24. The number of rotatable bonds is 1. The monoisotopic (exact) mass is 216 g/mol. The fourth-order valence-electron chi connectivity index (χ4n) is 2.47. The Morgan fingerprint density at radius 3 is 3.00 bits per heavy atom. The number of likely N-dealkylation sites (tertiary alicyclic amines) is 1. The van der Waals surface area contributed by atoms with Crippen molar-refractivity contribution in [3.8, 4) is 0 Å². The van der Waals surface area contributed by atoms with E-state index in [0.29, 0.717) is 6.04 Å². The zero-order chi connectivity index (χ0) is 11.1. The molecule has 1 aliphatic heterocycles. The van der Waals surface area contributed by atoms with Crippen LogP contribution in [0.25, 0.3) is 5.65 Å². The van der Waals surface area contributed by atoms with Gasteiger partial charge in [0.1, 0.15) is 0 Å². The van der Waals surface area contributed by atoms with Crippen LogP contribution in [0.4, 0.5) is 0 Å². The van der Waals surface area contributed by atoms with E-state index >= 15 is 0 Å². The highest BCUT2D eigenvalue weighted by atomic mass is 15.3. The average molecular weight is 216 g/mol. The summed E-state index contributed by atoms with van der Waals surface area (Å²) in [6, 6.07) is 4.61. The molecule has 3 rings (SSSR count). The molecule has 0 bridgehead atoms. The molecular weight excluding hydrogens is 200 g/mol. The van der Waals surface area contributed by atoms with Gasteiger partial charge in [-0.2, -0.15) is 0 Å². The topological polar surface area (TPSA) is 33.4 Å². The average Bonchev–Trinajstić information content (AvgIpc) is 2.83. The number of aromatic nitrogens is 3. The van der Waals surface area contributed by atoms with Crippen molar-refractivity contribution >= 4 is 5.65 Å². The molecule has 0 spiro atoms. The molecule has 0 saturated carbocycles. The Balaban J connectivity index is 2.10. The van der Waals surface area contributed by atoms with Crippen molar-refractivity contribution in [3.63, 3.8) is 0 Å². The lowest BCUT2D eigenvalue weighted by atomic mass is 10.2. The summed E-state index contributed by atoms with van der Waals surface area (Å²) in [5, 5.41) is 8.58. The number of hydrogen-bond acceptors (Lipinski definition) is 3.